The number of nitrogens with zero attached hydrogens (tertiary/aromatic N) is 1. The fourth-order valence-electron chi connectivity index (χ4n) is 2.80. The highest BCUT2D eigenvalue weighted by atomic mass is 19.4. The minimum absolute atomic E-state index is 0.0118. The molecule has 0 aliphatic rings. The molecule has 5 nitrogen and oxygen atoms in total. The summed E-state index contributed by atoms with van der Waals surface area (Å²) in [6.07, 6.45) is -3.10. The molecule has 3 aromatic rings. The predicted octanol–water partition coefficient (Wildman–Crippen LogP) is 4.37. The van der Waals surface area contributed by atoms with Crippen molar-refractivity contribution in [1.29, 1.82) is 0 Å². The van der Waals surface area contributed by atoms with Gasteiger partial charge in [-0.2, -0.15) is 13.2 Å². The molecule has 0 saturated heterocycles. The Hall–Kier alpha value is -3.68. The Morgan fingerprint density at radius 3 is 2.30 bits per heavy atom. The Labute approximate surface area is 169 Å². The lowest BCUT2D eigenvalue weighted by atomic mass is 10.1. The van der Waals surface area contributed by atoms with Crippen molar-refractivity contribution in [2.24, 2.45) is 0 Å². The van der Waals surface area contributed by atoms with E-state index in [-0.39, 0.29) is 17.9 Å². The zero-order chi connectivity index (χ0) is 21.9. The minimum atomic E-state index is -4.44. The van der Waals surface area contributed by atoms with Crippen LogP contribution < -0.4 is 10.9 Å². The van der Waals surface area contributed by atoms with Gasteiger partial charge in [0, 0.05) is 23.5 Å². The van der Waals surface area contributed by atoms with Gasteiger partial charge in [-0.25, -0.2) is 0 Å². The van der Waals surface area contributed by atoms with Crippen molar-refractivity contribution in [3.05, 3.63) is 99.5 Å². The Morgan fingerprint density at radius 1 is 0.967 bits per heavy atom. The zero-order valence-corrected chi connectivity index (χ0v) is 15.9. The molecule has 0 spiro atoms. The maximum absolute atomic E-state index is 12.7. The standard InChI is InChI=1S/C22H17F3N2O3/c1-14(28)16-3-2-4-19(11-16)26-21(30)17-7-10-20(29)27(13-17)12-15-5-8-18(9-6-15)22(23,24)25/h2-11,13H,12H2,1H3,(H,26,30). The van der Waals surface area contributed by atoms with Crippen LogP contribution in [0.3, 0.4) is 0 Å². The number of carbonyl (C=O) groups excluding carboxylic acids is 2. The SMILES string of the molecule is CC(=O)c1cccc(NC(=O)c2ccc(=O)n(Cc3ccc(C(F)(F)F)cc3)c2)c1. The van der Waals surface area contributed by atoms with Crippen LogP contribution in [0.2, 0.25) is 0 Å². The van der Waals surface area contributed by atoms with Gasteiger partial charge in [0.15, 0.2) is 5.78 Å². The summed E-state index contributed by atoms with van der Waals surface area (Å²) in [6, 6.07) is 13.5. The number of rotatable bonds is 5. The van der Waals surface area contributed by atoms with Gasteiger partial charge in [-0.05, 0) is 42.8 Å². The number of benzene rings is 2. The average Bonchev–Trinajstić information content (AvgIpc) is 2.69. The molecular formula is C22H17F3N2O3. The number of nitrogens with one attached hydrogen (secondary N) is 1. The Bertz CT molecular complexity index is 1150. The summed E-state index contributed by atoms with van der Waals surface area (Å²) in [4.78, 5) is 36.1. The fourth-order valence-corrected chi connectivity index (χ4v) is 2.80. The normalized spacial score (nSPS) is 11.2. The molecule has 0 unspecified atom stereocenters. The minimum Gasteiger partial charge on any atom is -0.322 e. The number of hydrogen-bond donors (Lipinski definition) is 1. The van der Waals surface area contributed by atoms with Crippen LogP contribution in [-0.4, -0.2) is 16.3 Å². The van der Waals surface area contributed by atoms with Gasteiger partial charge in [0.05, 0.1) is 17.7 Å². The first kappa shape index (κ1) is 21.0. The van der Waals surface area contributed by atoms with Crippen molar-refractivity contribution in [3.63, 3.8) is 0 Å². The van der Waals surface area contributed by atoms with Crippen molar-refractivity contribution in [3.8, 4) is 0 Å². The first-order valence-corrected chi connectivity index (χ1v) is 8.92. The van der Waals surface area contributed by atoms with E-state index in [1.165, 1.54) is 42.0 Å². The number of pyridine rings is 1. The number of Topliss-reactive ketones (excluding diaryl/α,β-unsaturated/α-hetero) is 1. The van der Waals surface area contributed by atoms with Crippen LogP contribution in [0.1, 0.15) is 38.8 Å². The van der Waals surface area contributed by atoms with Crippen LogP contribution in [0.5, 0.6) is 0 Å². The van der Waals surface area contributed by atoms with Crippen molar-refractivity contribution >= 4 is 17.4 Å². The molecule has 0 atom stereocenters. The number of halogens is 3. The second-order valence-corrected chi connectivity index (χ2v) is 6.67. The molecule has 2 aromatic carbocycles. The lowest BCUT2D eigenvalue weighted by molar-refractivity contribution is -0.137. The summed E-state index contributed by atoms with van der Waals surface area (Å²) < 4.78 is 39.3. The lowest BCUT2D eigenvalue weighted by Crippen LogP contribution is -2.22. The van der Waals surface area contributed by atoms with Gasteiger partial charge >= 0.3 is 6.18 Å². The van der Waals surface area contributed by atoms with Crippen LogP contribution >= 0.6 is 0 Å². The lowest BCUT2D eigenvalue weighted by Gasteiger charge is -2.11. The van der Waals surface area contributed by atoms with Crippen molar-refractivity contribution in [2.45, 2.75) is 19.6 Å². The van der Waals surface area contributed by atoms with Crippen LogP contribution in [0.4, 0.5) is 18.9 Å². The van der Waals surface area contributed by atoms with E-state index < -0.39 is 23.2 Å². The number of aromatic nitrogens is 1. The van der Waals surface area contributed by atoms with Crippen molar-refractivity contribution < 1.29 is 22.8 Å². The third-order valence-corrected chi connectivity index (χ3v) is 4.41. The highest BCUT2D eigenvalue weighted by molar-refractivity contribution is 6.04. The summed E-state index contributed by atoms with van der Waals surface area (Å²) in [6.45, 7) is 1.43. The van der Waals surface area contributed by atoms with Crippen LogP contribution in [-0.2, 0) is 12.7 Å². The van der Waals surface area contributed by atoms with E-state index in [1.54, 1.807) is 24.3 Å². The molecule has 0 saturated carbocycles. The van der Waals surface area contributed by atoms with Crippen LogP contribution in [0.25, 0.3) is 0 Å². The quantitative estimate of drug-likeness (QED) is 0.631. The average molecular weight is 414 g/mol. The number of carbonyl (C=O) groups is 2. The highest BCUT2D eigenvalue weighted by Crippen LogP contribution is 2.29. The molecule has 0 bridgehead atoms. The number of hydrogen-bond acceptors (Lipinski definition) is 3. The maximum atomic E-state index is 12.7. The first-order valence-electron chi connectivity index (χ1n) is 8.92. The van der Waals surface area contributed by atoms with Gasteiger partial charge in [0.1, 0.15) is 0 Å². The molecule has 1 N–H and O–H groups in total. The molecule has 0 aliphatic heterocycles. The Kier molecular flexibility index (Phi) is 5.86. The number of amides is 1. The van der Waals surface area contributed by atoms with Gasteiger partial charge in [-0.3, -0.25) is 14.4 Å². The third kappa shape index (κ3) is 5.02. The van der Waals surface area contributed by atoms with Crippen LogP contribution in [0.15, 0.2) is 71.7 Å². The molecule has 0 radical (unpaired) electrons. The summed E-state index contributed by atoms with van der Waals surface area (Å²) in [5, 5.41) is 2.66. The Morgan fingerprint density at radius 2 is 1.67 bits per heavy atom. The van der Waals surface area contributed by atoms with E-state index in [0.29, 0.717) is 16.8 Å². The smallest absolute Gasteiger partial charge is 0.322 e. The molecule has 3 rings (SSSR count). The van der Waals surface area contributed by atoms with Gasteiger partial charge in [-0.15, -0.1) is 0 Å². The topological polar surface area (TPSA) is 68.2 Å². The summed E-state index contributed by atoms with van der Waals surface area (Å²) in [5.41, 5.74) is 0.365. The monoisotopic (exact) mass is 414 g/mol. The van der Waals surface area contributed by atoms with E-state index >= 15 is 0 Å². The molecule has 30 heavy (non-hydrogen) atoms. The molecule has 154 valence electrons. The fraction of sp³-hybridized carbons (Fsp3) is 0.136. The second-order valence-electron chi connectivity index (χ2n) is 6.67. The van der Waals surface area contributed by atoms with Gasteiger partial charge in [-0.1, -0.05) is 24.3 Å². The molecule has 0 aliphatic carbocycles. The molecule has 1 amide bonds. The van der Waals surface area contributed by atoms with Gasteiger partial charge < -0.3 is 9.88 Å². The number of ketones is 1. The third-order valence-electron chi connectivity index (χ3n) is 4.41. The van der Waals surface area contributed by atoms with E-state index in [9.17, 15) is 27.6 Å². The Balaban J connectivity index is 1.79. The zero-order valence-electron chi connectivity index (χ0n) is 15.9. The highest BCUT2D eigenvalue weighted by Gasteiger charge is 2.29. The van der Waals surface area contributed by atoms with E-state index in [0.717, 1.165) is 12.1 Å². The number of anilines is 1. The van der Waals surface area contributed by atoms with E-state index in [2.05, 4.69) is 5.32 Å². The van der Waals surface area contributed by atoms with E-state index in [4.69, 9.17) is 0 Å². The summed E-state index contributed by atoms with van der Waals surface area (Å²) in [7, 11) is 0. The molecule has 8 heteroatoms. The van der Waals surface area contributed by atoms with E-state index in [1.807, 2.05) is 0 Å². The largest absolute Gasteiger partial charge is 0.416 e. The van der Waals surface area contributed by atoms with Gasteiger partial charge in [0.2, 0.25) is 0 Å². The summed E-state index contributed by atoms with van der Waals surface area (Å²) in [5.74, 6) is -0.631. The first-order chi connectivity index (χ1) is 14.1. The van der Waals surface area contributed by atoms with Crippen molar-refractivity contribution in [1.82, 2.24) is 4.57 Å². The number of alkyl halides is 3. The van der Waals surface area contributed by atoms with Gasteiger partial charge in [0.25, 0.3) is 11.5 Å². The predicted molar refractivity (Wildman–Crippen MR) is 106 cm³/mol. The molecule has 1 heterocycles. The maximum Gasteiger partial charge on any atom is 0.416 e. The second kappa shape index (κ2) is 8.36. The van der Waals surface area contributed by atoms with Crippen LogP contribution in [0, 0.1) is 0 Å². The van der Waals surface area contributed by atoms with Crippen molar-refractivity contribution in [2.75, 3.05) is 5.32 Å². The molecule has 0 fully saturated rings. The summed E-state index contributed by atoms with van der Waals surface area (Å²) >= 11 is 0. The molecular weight excluding hydrogens is 397 g/mol. The molecule has 1 aromatic heterocycles.